The van der Waals surface area contributed by atoms with E-state index >= 15 is 0 Å². The zero-order valence-corrected chi connectivity index (χ0v) is 14.9. The molecule has 0 spiro atoms. The van der Waals surface area contributed by atoms with Gasteiger partial charge in [0, 0.05) is 11.3 Å². The molecule has 0 amide bonds. The summed E-state index contributed by atoms with van der Waals surface area (Å²) in [5, 5.41) is 7.59. The van der Waals surface area contributed by atoms with Gasteiger partial charge in [-0.05, 0) is 53.2 Å². The fourth-order valence-corrected chi connectivity index (χ4v) is 3.93. The molecule has 0 saturated heterocycles. The van der Waals surface area contributed by atoms with Gasteiger partial charge in [0.25, 0.3) is 0 Å². The number of hydrogen-bond donors (Lipinski definition) is 2. The van der Waals surface area contributed by atoms with E-state index in [0.29, 0.717) is 11.0 Å². The van der Waals surface area contributed by atoms with Crippen molar-refractivity contribution in [1.82, 2.24) is 10.6 Å². The number of hydrogen-bond acceptors (Lipinski definition) is 1. The van der Waals surface area contributed by atoms with E-state index in [2.05, 4.69) is 73.0 Å². The van der Waals surface area contributed by atoms with Crippen LogP contribution in [0, 0.1) is 0 Å². The first-order chi connectivity index (χ1) is 11.6. The van der Waals surface area contributed by atoms with Crippen LogP contribution in [0.25, 0.3) is 5.70 Å². The Balaban J connectivity index is 1.77. The molecule has 2 aromatic carbocycles. The minimum absolute atomic E-state index is 0.170. The molecule has 2 nitrogen and oxygen atoms in total. The summed E-state index contributed by atoms with van der Waals surface area (Å²) in [4.78, 5) is 0. The lowest BCUT2D eigenvalue weighted by Gasteiger charge is -2.35. The topological polar surface area (TPSA) is 24.1 Å². The van der Waals surface area contributed by atoms with Crippen LogP contribution in [0.5, 0.6) is 0 Å². The quantitative estimate of drug-likeness (QED) is 0.779. The van der Waals surface area contributed by atoms with Gasteiger partial charge in [0.05, 0.1) is 6.04 Å². The summed E-state index contributed by atoms with van der Waals surface area (Å²) in [6.45, 7) is 4.46. The molecule has 0 bridgehead atoms. The molecule has 0 aromatic heterocycles. The Morgan fingerprint density at radius 3 is 2.50 bits per heavy atom. The Morgan fingerprint density at radius 1 is 1.00 bits per heavy atom. The molecule has 0 radical (unpaired) electrons. The summed E-state index contributed by atoms with van der Waals surface area (Å²) in [6, 6.07) is 17.8. The molecular weight excluding hydrogens is 312 g/mol. The van der Waals surface area contributed by atoms with Gasteiger partial charge in [-0.1, -0.05) is 62.4 Å². The van der Waals surface area contributed by atoms with Gasteiger partial charge >= 0.3 is 0 Å². The maximum absolute atomic E-state index is 5.49. The Kier molecular flexibility index (Phi) is 3.89. The monoisotopic (exact) mass is 334 g/mol. The second-order valence-electron chi connectivity index (χ2n) is 6.91. The zero-order chi connectivity index (χ0) is 16.7. The summed E-state index contributed by atoms with van der Waals surface area (Å²) in [5.74, 6) is 0.553. The van der Waals surface area contributed by atoms with Crippen molar-refractivity contribution in [2.75, 3.05) is 0 Å². The molecule has 1 aliphatic carbocycles. The third-order valence-corrected chi connectivity index (χ3v) is 5.29. The van der Waals surface area contributed by atoms with Gasteiger partial charge in [0.1, 0.15) is 0 Å². The minimum Gasteiger partial charge on any atom is -0.352 e. The van der Waals surface area contributed by atoms with Gasteiger partial charge in [-0.2, -0.15) is 0 Å². The standard InChI is InChI=1S/C21H22N2S/c1-13(2)14-7-9-16(10-8-14)19-18-12-11-15-5-3-4-6-17(15)20(18)23-21(24)22-19/h3-10,13,19H,11-12H2,1-2H3,(H2,22,23,24)/t19-/m1/s1. The highest BCUT2D eigenvalue weighted by Gasteiger charge is 2.30. The molecule has 3 heteroatoms. The molecule has 0 saturated carbocycles. The van der Waals surface area contributed by atoms with Crippen LogP contribution in [-0.4, -0.2) is 5.11 Å². The predicted octanol–water partition coefficient (Wildman–Crippen LogP) is 4.69. The van der Waals surface area contributed by atoms with Crippen LogP contribution in [0.4, 0.5) is 0 Å². The van der Waals surface area contributed by atoms with Crippen molar-refractivity contribution in [2.45, 2.75) is 38.6 Å². The lowest BCUT2D eigenvalue weighted by Crippen LogP contribution is -2.44. The van der Waals surface area contributed by atoms with Crippen LogP contribution in [-0.2, 0) is 6.42 Å². The van der Waals surface area contributed by atoms with Crippen LogP contribution in [0.2, 0.25) is 0 Å². The van der Waals surface area contributed by atoms with Crippen LogP contribution >= 0.6 is 12.2 Å². The highest BCUT2D eigenvalue weighted by atomic mass is 32.1. The highest BCUT2D eigenvalue weighted by Crippen LogP contribution is 2.38. The first kappa shape index (κ1) is 15.4. The molecule has 1 heterocycles. The lowest BCUT2D eigenvalue weighted by molar-refractivity contribution is 0.666. The largest absolute Gasteiger partial charge is 0.352 e. The van der Waals surface area contributed by atoms with E-state index < -0.39 is 0 Å². The van der Waals surface area contributed by atoms with E-state index in [1.54, 1.807) is 0 Å². The van der Waals surface area contributed by atoms with Crippen molar-refractivity contribution in [3.8, 4) is 0 Å². The Morgan fingerprint density at radius 2 is 1.75 bits per heavy atom. The molecule has 1 aliphatic heterocycles. The van der Waals surface area contributed by atoms with Gasteiger partial charge in [-0.25, -0.2) is 0 Å². The van der Waals surface area contributed by atoms with Gasteiger partial charge in [-0.3, -0.25) is 0 Å². The smallest absolute Gasteiger partial charge is 0.171 e. The second kappa shape index (κ2) is 6.06. The third kappa shape index (κ3) is 2.63. The van der Waals surface area contributed by atoms with Crippen LogP contribution in [0.3, 0.4) is 0 Å². The normalized spacial score (nSPS) is 19.5. The second-order valence-corrected chi connectivity index (χ2v) is 7.32. The third-order valence-electron chi connectivity index (χ3n) is 5.07. The molecule has 0 fully saturated rings. The molecule has 2 N–H and O–H groups in total. The number of nitrogens with one attached hydrogen (secondary N) is 2. The van der Waals surface area contributed by atoms with Crippen molar-refractivity contribution < 1.29 is 0 Å². The number of thiocarbonyl (C=S) groups is 1. The predicted molar refractivity (Wildman–Crippen MR) is 104 cm³/mol. The molecule has 2 aromatic rings. The number of rotatable bonds is 2. The van der Waals surface area contributed by atoms with Gasteiger partial charge in [0.2, 0.25) is 0 Å². The number of benzene rings is 2. The van der Waals surface area contributed by atoms with Crippen LogP contribution < -0.4 is 10.6 Å². The fourth-order valence-electron chi connectivity index (χ4n) is 3.71. The number of fused-ring (bicyclic) bond motifs is 2. The SMILES string of the molecule is CC(C)c1ccc([C@H]2NC(=S)NC3=C2CCc2ccccc23)cc1. The van der Waals surface area contributed by atoms with E-state index in [0.717, 1.165) is 12.8 Å². The molecule has 0 unspecified atom stereocenters. The van der Waals surface area contributed by atoms with E-state index in [4.69, 9.17) is 12.2 Å². The van der Waals surface area contributed by atoms with Gasteiger partial charge < -0.3 is 10.6 Å². The molecule has 1 atom stereocenters. The van der Waals surface area contributed by atoms with Crippen LogP contribution in [0.15, 0.2) is 54.1 Å². The van der Waals surface area contributed by atoms with E-state index in [1.165, 1.54) is 33.5 Å². The van der Waals surface area contributed by atoms with E-state index in [-0.39, 0.29) is 6.04 Å². The van der Waals surface area contributed by atoms with Gasteiger partial charge in [-0.15, -0.1) is 0 Å². The molecule has 2 aliphatic rings. The summed E-state index contributed by atoms with van der Waals surface area (Å²) in [6.07, 6.45) is 2.15. The molecule has 24 heavy (non-hydrogen) atoms. The summed E-state index contributed by atoms with van der Waals surface area (Å²) >= 11 is 5.49. The van der Waals surface area contributed by atoms with Crippen molar-refractivity contribution in [3.63, 3.8) is 0 Å². The fraction of sp³-hybridized carbons (Fsp3) is 0.286. The maximum atomic E-state index is 5.49. The molecule has 122 valence electrons. The zero-order valence-electron chi connectivity index (χ0n) is 14.1. The highest BCUT2D eigenvalue weighted by molar-refractivity contribution is 7.80. The minimum atomic E-state index is 0.170. The van der Waals surface area contributed by atoms with Crippen molar-refractivity contribution >= 4 is 23.0 Å². The average Bonchev–Trinajstić information content (AvgIpc) is 2.61. The summed E-state index contributed by atoms with van der Waals surface area (Å²) in [7, 11) is 0. The van der Waals surface area contributed by atoms with E-state index in [9.17, 15) is 0 Å². The maximum Gasteiger partial charge on any atom is 0.171 e. The van der Waals surface area contributed by atoms with E-state index in [1.807, 2.05) is 0 Å². The first-order valence-electron chi connectivity index (χ1n) is 8.62. The van der Waals surface area contributed by atoms with Crippen LogP contribution in [0.1, 0.15) is 54.5 Å². The Bertz CT molecular complexity index is 818. The average molecular weight is 334 g/mol. The molecule has 4 rings (SSSR count). The first-order valence-corrected chi connectivity index (χ1v) is 9.03. The molecular formula is C21H22N2S. The summed E-state index contributed by atoms with van der Waals surface area (Å²) in [5.41, 5.74) is 7.99. The lowest BCUT2D eigenvalue weighted by atomic mass is 9.82. The Hall–Kier alpha value is -2.13. The van der Waals surface area contributed by atoms with Crippen molar-refractivity contribution in [3.05, 3.63) is 76.4 Å². The van der Waals surface area contributed by atoms with Gasteiger partial charge in [0.15, 0.2) is 5.11 Å². The van der Waals surface area contributed by atoms with Crippen molar-refractivity contribution in [2.24, 2.45) is 0 Å². The van der Waals surface area contributed by atoms with Crippen molar-refractivity contribution in [1.29, 1.82) is 0 Å². The summed E-state index contributed by atoms with van der Waals surface area (Å²) < 4.78 is 0. The number of aryl methyl sites for hydroxylation is 1. The Labute approximate surface area is 149 Å².